The van der Waals surface area contributed by atoms with E-state index in [4.69, 9.17) is 16.3 Å². The van der Waals surface area contributed by atoms with Crippen LogP contribution in [0.4, 0.5) is 18.9 Å². The molecule has 1 aliphatic heterocycles. The van der Waals surface area contributed by atoms with Crippen molar-refractivity contribution >= 4 is 41.0 Å². The number of amides is 3. The zero-order valence-electron chi connectivity index (χ0n) is 19.6. The van der Waals surface area contributed by atoms with Gasteiger partial charge in [-0.05, 0) is 36.8 Å². The molecule has 1 aliphatic rings. The molecule has 7 nitrogen and oxygen atoms in total. The first-order valence-corrected chi connectivity index (χ1v) is 11.8. The highest BCUT2D eigenvalue weighted by molar-refractivity contribution is 6.33. The number of fused-ring (bicyclic) bond motifs is 1. The lowest BCUT2D eigenvalue weighted by Gasteiger charge is -2.19. The van der Waals surface area contributed by atoms with E-state index in [0.29, 0.717) is 6.07 Å². The fraction of sp³-hybridized carbons (Fsp3) is 0.185. The van der Waals surface area contributed by atoms with E-state index in [1.807, 2.05) is 0 Å². The minimum absolute atomic E-state index is 0.0382. The number of hydrogen-bond acceptors (Lipinski definition) is 5. The molecule has 0 fully saturated rings. The number of halogens is 4. The highest BCUT2D eigenvalue weighted by Gasteiger charge is 2.35. The van der Waals surface area contributed by atoms with Crippen LogP contribution in [0.3, 0.4) is 0 Å². The summed E-state index contributed by atoms with van der Waals surface area (Å²) >= 11 is 5.99. The molecule has 0 unspecified atom stereocenters. The first-order valence-electron chi connectivity index (χ1n) is 11.4. The number of anilines is 1. The number of nitrogens with zero attached hydrogens (tertiary/aromatic N) is 1. The molecular formula is C27H20ClF3N2O5. The van der Waals surface area contributed by atoms with Gasteiger partial charge in [-0.1, -0.05) is 54.1 Å². The Kier molecular flexibility index (Phi) is 7.82. The molecule has 11 heteroatoms. The average Bonchev–Trinajstić information content (AvgIpc) is 3.13. The summed E-state index contributed by atoms with van der Waals surface area (Å²) < 4.78 is 44.7. The summed E-state index contributed by atoms with van der Waals surface area (Å²) in [5, 5.41) is 2.17. The number of alkyl halides is 3. The molecule has 0 aliphatic carbocycles. The smallest absolute Gasteiger partial charge is 0.416 e. The van der Waals surface area contributed by atoms with Gasteiger partial charge in [-0.2, -0.15) is 13.2 Å². The number of carbonyl (C=O) groups excluding carboxylic acids is 4. The first kappa shape index (κ1) is 26.9. The average molecular weight is 545 g/mol. The summed E-state index contributed by atoms with van der Waals surface area (Å²) in [5.74, 6) is -2.64. The molecule has 0 aromatic heterocycles. The minimum Gasteiger partial charge on any atom is -0.447 e. The second kappa shape index (κ2) is 11.1. The van der Waals surface area contributed by atoms with Crippen LogP contribution < -0.4 is 5.32 Å². The van der Waals surface area contributed by atoms with Crippen molar-refractivity contribution in [3.05, 3.63) is 100 Å². The van der Waals surface area contributed by atoms with Gasteiger partial charge in [0.15, 0.2) is 0 Å². The van der Waals surface area contributed by atoms with Crippen molar-refractivity contribution in [1.82, 2.24) is 4.90 Å². The SMILES string of the molecule is O=C(CCCN1C(=O)c2ccccc2C1=O)O[C@H](C(=O)Nc1cc(C(F)(F)F)ccc1Cl)c1ccccc1. The number of rotatable bonds is 8. The summed E-state index contributed by atoms with van der Waals surface area (Å²) in [7, 11) is 0. The van der Waals surface area contributed by atoms with Crippen LogP contribution in [0.25, 0.3) is 0 Å². The summed E-state index contributed by atoms with van der Waals surface area (Å²) in [6.45, 7) is -0.0382. The maximum Gasteiger partial charge on any atom is 0.416 e. The second-order valence-electron chi connectivity index (χ2n) is 8.37. The number of imide groups is 1. The monoisotopic (exact) mass is 544 g/mol. The van der Waals surface area contributed by atoms with Crippen molar-refractivity contribution in [2.45, 2.75) is 25.1 Å². The molecule has 1 atom stereocenters. The van der Waals surface area contributed by atoms with Crippen LogP contribution in [-0.2, 0) is 20.5 Å². The quantitative estimate of drug-likeness (QED) is 0.292. The van der Waals surface area contributed by atoms with Gasteiger partial charge in [0.25, 0.3) is 17.7 Å². The summed E-state index contributed by atoms with van der Waals surface area (Å²) in [4.78, 5) is 51.6. The van der Waals surface area contributed by atoms with Crippen molar-refractivity contribution in [3.63, 3.8) is 0 Å². The van der Waals surface area contributed by atoms with Crippen LogP contribution >= 0.6 is 11.6 Å². The van der Waals surface area contributed by atoms with Gasteiger partial charge in [-0.3, -0.25) is 24.1 Å². The molecule has 0 spiro atoms. The summed E-state index contributed by atoms with van der Waals surface area (Å²) in [6.07, 6.45) is -6.30. The zero-order chi connectivity index (χ0) is 27.4. The molecule has 3 amide bonds. The minimum atomic E-state index is -4.66. The van der Waals surface area contributed by atoms with E-state index in [1.165, 1.54) is 12.1 Å². The van der Waals surface area contributed by atoms with Crippen molar-refractivity contribution in [2.75, 3.05) is 11.9 Å². The van der Waals surface area contributed by atoms with Crippen LogP contribution in [0.15, 0.2) is 72.8 Å². The van der Waals surface area contributed by atoms with E-state index in [2.05, 4.69) is 5.32 Å². The van der Waals surface area contributed by atoms with Gasteiger partial charge in [0.2, 0.25) is 6.10 Å². The van der Waals surface area contributed by atoms with E-state index in [9.17, 15) is 32.3 Å². The number of esters is 1. The third-order valence-electron chi connectivity index (χ3n) is 5.78. The molecular weight excluding hydrogens is 525 g/mol. The topological polar surface area (TPSA) is 92.8 Å². The van der Waals surface area contributed by atoms with Gasteiger partial charge < -0.3 is 10.1 Å². The lowest BCUT2D eigenvalue weighted by molar-refractivity contribution is -0.154. The maximum absolute atomic E-state index is 13.1. The highest BCUT2D eigenvalue weighted by Crippen LogP contribution is 2.34. The van der Waals surface area contributed by atoms with Gasteiger partial charge in [0.1, 0.15) is 0 Å². The van der Waals surface area contributed by atoms with Crippen molar-refractivity contribution in [1.29, 1.82) is 0 Å². The molecule has 0 saturated carbocycles. The van der Waals surface area contributed by atoms with Gasteiger partial charge in [0, 0.05) is 18.5 Å². The molecule has 38 heavy (non-hydrogen) atoms. The standard InChI is InChI=1S/C27H20ClF3N2O5/c28-20-13-12-17(27(29,30)31)15-21(20)32-24(35)23(16-7-2-1-3-8-16)38-22(34)11-6-14-33-25(36)18-9-4-5-10-19(18)26(33)37/h1-5,7-10,12-13,15,23H,6,11,14H2,(H,32,35)/t23-/m0/s1. The van der Waals surface area contributed by atoms with Crippen molar-refractivity contribution < 1.29 is 37.1 Å². The van der Waals surface area contributed by atoms with E-state index >= 15 is 0 Å². The zero-order valence-corrected chi connectivity index (χ0v) is 20.4. The van der Waals surface area contributed by atoms with Gasteiger partial charge in [-0.15, -0.1) is 0 Å². The summed E-state index contributed by atoms with van der Waals surface area (Å²) in [6, 6.07) is 16.8. The Morgan fingerprint density at radius 1 is 0.921 bits per heavy atom. The predicted molar refractivity (Wildman–Crippen MR) is 131 cm³/mol. The maximum atomic E-state index is 13.1. The van der Waals surface area contributed by atoms with Gasteiger partial charge in [0.05, 0.1) is 27.4 Å². The normalized spacial score (nSPS) is 13.7. The Labute approximate surface area is 220 Å². The van der Waals surface area contributed by atoms with Gasteiger partial charge >= 0.3 is 12.1 Å². The van der Waals surface area contributed by atoms with E-state index in [0.717, 1.165) is 17.0 Å². The number of hydrogen-bond donors (Lipinski definition) is 1. The van der Waals surface area contributed by atoms with Crippen LogP contribution in [-0.4, -0.2) is 35.1 Å². The van der Waals surface area contributed by atoms with Crippen LogP contribution in [0, 0.1) is 0 Å². The fourth-order valence-electron chi connectivity index (χ4n) is 3.91. The third-order valence-corrected chi connectivity index (χ3v) is 6.11. The molecule has 3 aromatic carbocycles. The van der Waals surface area contributed by atoms with Crippen LogP contribution in [0.5, 0.6) is 0 Å². The fourth-order valence-corrected chi connectivity index (χ4v) is 4.08. The van der Waals surface area contributed by atoms with Crippen LogP contribution in [0.2, 0.25) is 5.02 Å². The first-order chi connectivity index (χ1) is 18.1. The molecule has 3 aromatic rings. The van der Waals surface area contributed by atoms with E-state index < -0.39 is 41.5 Å². The molecule has 0 bridgehead atoms. The predicted octanol–water partition coefficient (Wildman–Crippen LogP) is 5.66. The number of ether oxygens (including phenoxy) is 1. The van der Waals surface area contributed by atoms with E-state index in [-0.39, 0.29) is 46.8 Å². The number of benzene rings is 3. The van der Waals surface area contributed by atoms with Crippen molar-refractivity contribution in [2.24, 2.45) is 0 Å². The Balaban J connectivity index is 1.43. The Morgan fingerprint density at radius 2 is 1.53 bits per heavy atom. The van der Waals surface area contributed by atoms with E-state index in [1.54, 1.807) is 42.5 Å². The molecule has 1 N–H and O–H groups in total. The van der Waals surface area contributed by atoms with Crippen LogP contribution in [0.1, 0.15) is 50.8 Å². The molecule has 0 saturated heterocycles. The Bertz CT molecular complexity index is 1360. The Morgan fingerprint density at radius 3 is 2.13 bits per heavy atom. The third kappa shape index (κ3) is 5.86. The lowest BCUT2D eigenvalue weighted by atomic mass is 10.1. The Hall–Kier alpha value is -4.18. The molecule has 0 radical (unpaired) electrons. The van der Waals surface area contributed by atoms with Crippen molar-refractivity contribution in [3.8, 4) is 0 Å². The summed E-state index contributed by atoms with van der Waals surface area (Å²) in [5.41, 5.74) is -0.460. The number of nitrogens with one attached hydrogen (secondary N) is 1. The molecule has 1 heterocycles. The second-order valence-corrected chi connectivity index (χ2v) is 8.78. The number of carbonyl (C=O) groups is 4. The highest BCUT2D eigenvalue weighted by atomic mass is 35.5. The molecule has 196 valence electrons. The molecule has 4 rings (SSSR count). The van der Waals surface area contributed by atoms with Gasteiger partial charge in [-0.25, -0.2) is 0 Å². The largest absolute Gasteiger partial charge is 0.447 e. The lowest BCUT2D eigenvalue weighted by Crippen LogP contribution is -2.31.